The van der Waals surface area contributed by atoms with E-state index in [1.54, 1.807) is 12.1 Å². The van der Waals surface area contributed by atoms with E-state index in [1.165, 1.54) is 5.56 Å². The van der Waals surface area contributed by atoms with Gasteiger partial charge in [-0.2, -0.15) is 0 Å². The number of aromatic hydroxyl groups is 1. The number of phenols is 1. The second-order valence-electron chi connectivity index (χ2n) is 5.65. The summed E-state index contributed by atoms with van der Waals surface area (Å²) >= 11 is 0. The van der Waals surface area contributed by atoms with Crippen molar-refractivity contribution in [2.45, 2.75) is 38.3 Å². The molecule has 0 aliphatic carbocycles. The zero-order chi connectivity index (χ0) is 15.8. The zero-order valence-electron chi connectivity index (χ0n) is 13.1. The fourth-order valence-electron chi connectivity index (χ4n) is 2.53. The molecule has 3 heteroatoms. The van der Waals surface area contributed by atoms with Gasteiger partial charge in [-0.1, -0.05) is 49.4 Å². The molecule has 0 saturated carbocycles. The van der Waals surface area contributed by atoms with Crippen LogP contribution in [0.5, 0.6) is 5.75 Å². The van der Waals surface area contributed by atoms with E-state index in [1.807, 2.05) is 42.5 Å². The highest BCUT2D eigenvalue weighted by Gasteiger charge is 2.11. The van der Waals surface area contributed by atoms with Gasteiger partial charge in [-0.15, -0.1) is 0 Å². The van der Waals surface area contributed by atoms with Crippen LogP contribution in [0, 0.1) is 0 Å². The fourth-order valence-corrected chi connectivity index (χ4v) is 2.53. The van der Waals surface area contributed by atoms with Gasteiger partial charge >= 0.3 is 0 Å². The minimum Gasteiger partial charge on any atom is -0.508 e. The van der Waals surface area contributed by atoms with Crippen molar-refractivity contribution in [3.63, 3.8) is 0 Å². The van der Waals surface area contributed by atoms with Crippen LogP contribution in [-0.2, 0) is 6.42 Å². The molecule has 2 atom stereocenters. The van der Waals surface area contributed by atoms with E-state index in [9.17, 15) is 10.2 Å². The third-order valence-corrected chi connectivity index (χ3v) is 3.99. The number of hydrogen-bond acceptors (Lipinski definition) is 3. The fraction of sp³-hybridized carbons (Fsp3) is 0.368. The molecule has 0 saturated heterocycles. The third kappa shape index (κ3) is 5.17. The molecule has 0 aromatic heterocycles. The summed E-state index contributed by atoms with van der Waals surface area (Å²) < 4.78 is 0. The molecule has 0 unspecified atom stereocenters. The lowest BCUT2D eigenvalue weighted by Crippen LogP contribution is -2.32. The van der Waals surface area contributed by atoms with Crippen molar-refractivity contribution in [2.75, 3.05) is 6.54 Å². The molecule has 0 bridgehead atoms. The summed E-state index contributed by atoms with van der Waals surface area (Å²) in [5, 5.41) is 22.9. The molecule has 3 nitrogen and oxygen atoms in total. The molecule has 0 spiro atoms. The lowest BCUT2D eigenvalue weighted by atomic mass is 10.0. The summed E-state index contributed by atoms with van der Waals surface area (Å²) in [6.45, 7) is 2.72. The molecule has 0 radical (unpaired) electrons. The maximum absolute atomic E-state index is 10.2. The Morgan fingerprint density at radius 3 is 2.32 bits per heavy atom. The smallest absolute Gasteiger partial charge is 0.115 e. The number of hydrogen-bond donors (Lipinski definition) is 3. The van der Waals surface area contributed by atoms with Crippen LogP contribution in [0.1, 0.15) is 37.0 Å². The van der Waals surface area contributed by atoms with Gasteiger partial charge in [0.05, 0.1) is 6.10 Å². The van der Waals surface area contributed by atoms with Gasteiger partial charge < -0.3 is 15.5 Å². The first-order valence-electron chi connectivity index (χ1n) is 7.93. The van der Waals surface area contributed by atoms with E-state index in [4.69, 9.17) is 0 Å². The predicted octanol–water partition coefficient (Wildman–Crippen LogP) is 3.43. The van der Waals surface area contributed by atoms with Crippen LogP contribution in [0.3, 0.4) is 0 Å². The van der Waals surface area contributed by atoms with Crippen molar-refractivity contribution in [2.24, 2.45) is 0 Å². The summed E-state index contributed by atoms with van der Waals surface area (Å²) in [5.41, 5.74) is 2.17. The van der Waals surface area contributed by atoms with Gasteiger partial charge in [0.25, 0.3) is 0 Å². The van der Waals surface area contributed by atoms with E-state index < -0.39 is 6.10 Å². The lowest BCUT2D eigenvalue weighted by Gasteiger charge is -2.20. The Labute approximate surface area is 132 Å². The number of aliphatic hydroxyl groups is 1. The van der Waals surface area contributed by atoms with Crippen LogP contribution in [0.4, 0.5) is 0 Å². The molecule has 3 N–H and O–H groups in total. The minimum atomic E-state index is -0.469. The monoisotopic (exact) mass is 299 g/mol. The van der Waals surface area contributed by atoms with Crippen molar-refractivity contribution in [1.29, 1.82) is 0 Å². The molecule has 0 amide bonds. The molecule has 22 heavy (non-hydrogen) atoms. The summed E-state index contributed by atoms with van der Waals surface area (Å²) in [4.78, 5) is 0. The number of phenolic OH excluding ortho intramolecular Hbond substituents is 1. The quantitative estimate of drug-likeness (QED) is 0.700. The van der Waals surface area contributed by atoms with Gasteiger partial charge in [-0.05, 0) is 42.5 Å². The molecular formula is C19H25NO2. The van der Waals surface area contributed by atoms with Crippen LogP contribution in [-0.4, -0.2) is 22.8 Å². The second-order valence-corrected chi connectivity index (χ2v) is 5.65. The number of aryl methyl sites for hydroxylation is 1. The van der Waals surface area contributed by atoms with Gasteiger partial charge in [0, 0.05) is 12.6 Å². The van der Waals surface area contributed by atoms with Gasteiger partial charge in [-0.3, -0.25) is 0 Å². The van der Waals surface area contributed by atoms with Gasteiger partial charge in [0.1, 0.15) is 5.75 Å². The van der Waals surface area contributed by atoms with E-state index in [0.29, 0.717) is 18.3 Å². The molecule has 0 heterocycles. The summed E-state index contributed by atoms with van der Waals surface area (Å²) in [5.74, 6) is 0.305. The largest absolute Gasteiger partial charge is 0.508 e. The van der Waals surface area contributed by atoms with Gasteiger partial charge in [-0.25, -0.2) is 0 Å². The number of aliphatic hydroxyl groups excluding tert-OH is 1. The summed E-state index contributed by atoms with van der Waals surface area (Å²) in [6.07, 6.45) is 2.54. The average Bonchev–Trinajstić information content (AvgIpc) is 2.57. The van der Waals surface area contributed by atoms with Crippen molar-refractivity contribution in [3.05, 3.63) is 65.7 Å². The van der Waals surface area contributed by atoms with E-state index >= 15 is 0 Å². The predicted molar refractivity (Wildman–Crippen MR) is 89.9 cm³/mol. The number of nitrogens with one attached hydrogen (secondary N) is 1. The number of rotatable bonds is 8. The highest BCUT2D eigenvalue weighted by molar-refractivity contribution is 5.26. The molecule has 2 aromatic rings. The Morgan fingerprint density at radius 1 is 1.00 bits per heavy atom. The van der Waals surface area contributed by atoms with Crippen LogP contribution >= 0.6 is 0 Å². The van der Waals surface area contributed by atoms with Crippen LogP contribution < -0.4 is 5.32 Å². The first-order chi connectivity index (χ1) is 10.7. The van der Waals surface area contributed by atoms with Crippen LogP contribution in [0.15, 0.2) is 54.6 Å². The highest BCUT2D eigenvalue weighted by atomic mass is 16.3. The first kappa shape index (κ1) is 16.5. The normalized spacial score (nSPS) is 13.7. The Morgan fingerprint density at radius 2 is 1.68 bits per heavy atom. The lowest BCUT2D eigenvalue weighted by molar-refractivity contribution is 0.168. The molecular weight excluding hydrogens is 274 g/mol. The maximum Gasteiger partial charge on any atom is 0.115 e. The Balaban J connectivity index is 1.78. The Hall–Kier alpha value is -1.84. The Kier molecular flexibility index (Phi) is 6.44. The SMILES string of the molecule is CC[C@H](CCc1ccc(O)cc1)NC[C@@H](O)c1ccccc1. The van der Waals surface area contributed by atoms with E-state index in [-0.39, 0.29) is 0 Å². The molecule has 118 valence electrons. The molecule has 0 aliphatic rings. The second kappa shape index (κ2) is 8.57. The first-order valence-corrected chi connectivity index (χ1v) is 7.93. The molecule has 2 aromatic carbocycles. The zero-order valence-corrected chi connectivity index (χ0v) is 13.1. The standard InChI is InChI=1S/C19H25NO2/c1-2-17(11-8-15-9-12-18(21)13-10-15)20-14-19(22)16-6-4-3-5-7-16/h3-7,9-10,12-13,17,19-22H,2,8,11,14H2,1H3/t17-,19-/m1/s1. The van der Waals surface area contributed by atoms with E-state index in [0.717, 1.165) is 24.8 Å². The minimum absolute atomic E-state index is 0.305. The van der Waals surface area contributed by atoms with Crippen molar-refractivity contribution >= 4 is 0 Å². The summed E-state index contributed by atoms with van der Waals surface area (Å²) in [6, 6.07) is 17.5. The summed E-state index contributed by atoms with van der Waals surface area (Å²) in [7, 11) is 0. The van der Waals surface area contributed by atoms with Gasteiger partial charge in [0.2, 0.25) is 0 Å². The Bertz CT molecular complexity index is 539. The van der Waals surface area contributed by atoms with Crippen LogP contribution in [0.25, 0.3) is 0 Å². The number of benzene rings is 2. The average molecular weight is 299 g/mol. The molecule has 0 fully saturated rings. The molecule has 2 rings (SSSR count). The highest BCUT2D eigenvalue weighted by Crippen LogP contribution is 2.14. The van der Waals surface area contributed by atoms with Crippen molar-refractivity contribution in [1.82, 2.24) is 5.32 Å². The molecule has 0 aliphatic heterocycles. The third-order valence-electron chi connectivity index (χ3n) is 3.99. The van der Waals surface area contributed by atoms with Crippen LogP contribution in [0.2, 0.25) is 0 Å². The maximum atomic E-state index is 10.2. The van der Waals surface area contributed by atoms with Crippen molar-refractivity contribution < 1.29 is 10.2 Å². The van der Waals surface area contributed by atoms with E-state index in [2.05, 4.69) is 12.2 Å². The topological polar surface area (TPSA) is 52.5 Å². The van der Waals surface area contributed by atoms with Gasteiger partial charge in [0.15, 0.2) is 0 Å². The van der Waals surface area contributed by atoms with Crippen molar-refractivity contribution in [3.8, 4) is 5.75 Å².